The van der Waals surface area contributed by atoms with Gasteiger partial charge in [0.05, 0.1) is 13.2 Å². The lowest BCUT2D eigenvalue weighted by atomic mass is 9.94. The number of hydrogen-bond acceptors (Lipinski definition) is 12. The summed E-state index contributed by atoms with van der Waals surface area (Å²) in [6.45, 7) is 21.2. The number of esters is 1. The van der Waals surface area contributed by atoms with Gasteiger partial charge in [0.15, 0.2) is 0 Å². The molecule has 10 N–H and O–H groups in total. The summed E-state index contributed by atoms with van der Waals surface area (Å²) in [5.41, 5.74) is -11.0. The fraction of sp³-hybridized carbons (Fsp3) is 0.490. The molecule has 394 valence electrons. The van der Waals surface area contributed by atoms with Gasteiger partial charge in [0.1, 0.15) is 50.2 Å². The summed E-state index contributed by atoms with van der Waals surface area (Å²) >= 11 is 0. The molecular formula is C51H74N10O11. The van der Waals surface area contributed by atoms with E-state index in [1.54, 1.807) is 74.6 Å². The highest BCUT2D eigenvalue weighted by Crippen LogP contribution is 2.17. The van der Waals surface area contributed by atoms with E-state index in [1.165, 1.54) is 109 Å². The van der Waals surface area contributed by atoms with E-state index in [0.717, 1.165) is 7.11 Å². The fourth-order valence-corrected chi connectivity index (χ4v) is 5.96. The Morgan fingerprint density at radius 1 is 0.417 bits per heavy atom. The molecule has 9 amide bonds. The molecule has 0 heterocycles. The number of methoxy groups -OCH3 is 1. The van der Waals surface area contributed by atoms with Crippen molar-refractivity contribution in [1.29, 1.82) is 0 Å². The highest BCUT2D eigenvalue weighted by molar-refractivity contribution is 6.08. The van der Waals surface area contributed by atoms with Gasteiger partial charge >= 0.3 is 5.97 Å². The highest BCUT2D eigenvalue weighted by atomic mass is 16.5. The van der Waals surface area contributed by atoms with Gasteiger partial charge in [0.25, 0.3) is 11.8 Å². The van der Waals surface area contributed by atoms with Crippen LogP contribution in [0, 0.1) is 0 Å². The summed E-state index contributed by atoms with van der Waals surface area (Å²) in [5, 5.41) is 26.1. The molecule has 2 aromatic carbocycles. The number of benzene rings is 2. The third kappa shape index (κ3) is 17.2. The van der Waals surface area contributed by atoms with E-state index in [9.17, 15) is 47.9 Å². The average Bonchev–Trinajstić information content (AvgIpc) is 3.27. The monoisotopic (exact) mass is 1000 g/mol. The van der Waals surface area contributed by atoms with Gasteiger partial charge in [0, 0.05) is 0 Å². The Hall–Kier alpha value is -7.42. The number of carbonyl (C=O) groups excluding carboxylic acids is 10. The largest absolute Gasteiger partial charge is 0.467 e. The van der Waals surface area contributed by atoms with Crippen LogP contribution in [0.3, 0.4) is 0 Å². The summed E-state index contributed by atoms with van der Waals surface area (Å²) in [6.07, 6.45) is 2.73. The Labute approximate surface area is 422 Å². The highest BCUT2D eigenvalue weighted by Gasteiger charge is 2.44. The van der Waals surface area contributed by atoms with E-state index < -0.39 is 104 Å². The zero-order valence-corrected chi connectivity index (χ0v) is 44.5. The van der Waals surface area contributed by atoms with E-state index in [2.05, 4.69) is 53.2 Å². The molecule has 0 bridgehead atoms. The Bertz CT molecular complexity index is 2460. The van der Waals surface area contributed by atoms with Crippen LogP contribution in [0.4, 0.5) is 0 Å². The van der Waals surface area contributed by atoms with Crippen molar-refractivity contribution in [2.24, 2.45) is 0 Å². The molecule has 0 saturated heterocycles. The molecule has 2 aromatic rings. The number of nitrogens with one attached hydrogen (secondary N) is 10. The second-order valence-corrected chi connectivity index (χ2v) is 20.9. The zero-order chi connectivity index (χ0) is 55.4. The minimum absolute atomic E-state index is 0.266. The van der Waals surface area contributed by atoms with Gasteiger partial charge in [-0.05, 0) is 134 Å². The smallest absolute Gasteiger partial charge is 0.330 e. The van der Waals surface area contributed by atoms with Crippen molar-refractivity contribution < 1.29 is 52.7 Å². The molecule has 0 aliphatic rings. The minimum Gasteiger partial charge on any atom is -0.467 e. The molecule has 0 radical (unpaired) electrons. The normalized spacial score (nSPS) is 13.2. The summed E-state index contributed by atoms with van der Waals surface area (Å²) in [5.74, 6) is -7.78. The van der Waals surface area contributed by atoms with Crippen LogP contribution in [0.5, 0.6) is 0 Å². The Kier molecular flexibility index (Phi) is 19.9. The van der Waals surface area contributed by atoms with Crippen molar-refractivity contribution in [1.82, 2.24) is 53.2 Å². The lowest BCUT2D eigenvalue weighted by Gasteiger charge is -2.37. The van der Waals surface area contributed by atoms with E-state index in [1.807, 2.05) is 0 Å². The van der Waals surface area contributed by atoms with Gasteiger partial charge < -0.3 is 57.9 Å². The topological polar surface area (TPSA) is 300 Å². The molecule has 0 aliphatic carbocycles. The molecular weight excluding hydrogens is 929 g/mol. The molecule has 0 spiro atoms. The van der Waals surface area contributed by atoms with Crippen molar-refractivity contribution in [2.45, 2.75) is 149 Å². The number of rotatable bonds is 22. The molecule has 0 aliphatic heterocycles. The van der Waals surface area contributed by atoms with Crippen LogP contribution in [0.15, 0.2) is 72.1 Å². The average molecular weight is 1000 g/mol. The predicted molar refractivity (Wildman–Crippen MR) is 271 cm³/mol. The van der Waals surface area contributed by atoms with Crippen LogP contribution in [0.2, 0.25) is 0 Å². The van der Waals surface area contributed by atoms with Gasteiger partial charge in [-0.3, -0.25) is 43.2 Å². The minimum atomic E-state index is -1.77. The van der Waals surface area contributed by atoms with Crippen molar-refractivity contribution in [3.05, 3.63) is 83.2 Å². The number of carbonyl (C=O) groups is 10. The lowest BCUT2D eigenvalue weighted by molar-refractivity contribution is -0.149. The molecule has 0 unspecified atom stereocenters. The summed E-state index contributed by atoms with van der Waals surface area (Å²) in [4.78, 5) is 135. The second-order valence-electron chi connectivity index (χ2n) is 20.9. The van der Waals surface area contributed by atoms with E-state index in [0.29, 0.717) is 11.1 Å². The number of amides is 9. The first-order chi connectivity index (χ1) is 32.8. The Morgan fingerprint density at radius 2 is 0.694 bits per heavy atom. The molecule has 0 saturated carbocycles. The summed E-state index contributed by atoms with van der Waals surface area (Å²) < 4.78 is 4.80. The molecule has 0 fully saturated rings. The maximum atomic E-state index is 14.1. The maximum Gasteiger partial charge on any atom is 0.330 e. The molecule has 0 aromatic heterocycles. The van der Waals surface area contributed by atoms with Gasteiger partial charge in [-0.1, -0.05) is 60.7 Å². The zero-order valence-electron chi connectivity index (χ0n) is 44.5. The van der Waals surface area contributed by atoms with E-state index >= 15 is 0 Å². The van der Waals surface area contributed by atoms with Crippen LogP contribution >= 0.6 is 0 Å². The standard InChI is InChI=1S/C51H74N10O11/c1-30(52-16)35(62)55-47(6,7)40(67)59-49(10,11)42(69)61-50(12,13)43(70)60-48(8,9)41(68)58-46(4,5)39(66)54-33(28-31-24-20-18-21-25-31)36(63)56-45(2,3)38(65)53-34(29-32-26-22-19-23-27-32)37(64)57-51(14,15)44(71)72-17/h18-30,52H,1-17H3,(H,53,65)(H,54,66)(H,55,62)(H,56,63)(H,57,64)(H,58,68)(H,59,67)(H,60,70)(H,61,69)/b33-28-,34-29-/t30-/m0/s1. The van der Waals surface area contributed by atoms with Gasteiger partial charge in [-0.2, -0.15) is 0 Å². The number of hydrogen-bond donors (Lipinski definition) is 10. The van der Waals surface area contributed by atoms with Crippen LogP contribution < -0.4 is 53.2 Å². The molecule has 72 heavy (non-hydrogen) atoms. The first-order valence-electron chi connectivity index (χ1n) is 23.0. The van der Waals surface area contributed by atoms with Crippen LogP contribution in [0.25, 0.3) is 12.2 Å². The van der Waals surface area contributed by atoms with Crippen molar-refractivity contribution in [3.63, 3.8) is 0 Å². The van der Waals surface area contributed by atoms with Crippen LogP contribution in [-0.4, -0.2) is 118 Å². The first kappa shape index (κ1) is 60.7. The van der Waals surface area contributed by atoms with Crippen LogP contribution in [-0.2, 0) is 52.7 Å². The third-order valence-corrected chi connectivity index (χ3v) is 11.1. The van der Waals surface area contributed by atoms with Crippen molar-refractivity contribution in [3.8, 4) is 0 Å². The van der Waals surface area contributed by atoms with Gasteiger partial charge in [-0.15, -0.1) is 0 Å². The second kappa shape index (κ2) is 23.7. The van der Waals surface area contributed by atoms with E-state index in [-0.39, 0.29) is 11.4 Å². The maximum absolute atomic E-state index is 14.1. The van der Waals surface area contributed by atoms with Crippen molar-refractivity contribution >= 4 is 71.3 Å². The van der Waals surface area contributed by atoms with Crippen molar-refractivity contribution in [2.75, 3.05) is 14.2 Å². The Balaban J connectivity index is 2.30. The molecule has 21 nitrogen and oxygen atoms in total. The molecule has 1 atom stereocenters. The summed E-state index contributed by atoms with van der Waals surface area (Å²) in [7, 11) is 2.75. The van der Waals surface area contributed by atoms with E-state index in [4.69, 9.17) is 4.74 Å². The lowest BCUT2D eigenvalue weighted by Crippen LogP contribution is -2.68. The molecule has 2 rings (SSSR count). The Morgan fingerprint density at radius 3 is 1.00 bits per heavy atom. The first-order valence-corrected chi connectivity index (χ1v) is 23.0. The van der Waals surface area contributed by atoms with Crippen LogP contribution in [0.1, 0.15) is 115 Å². The van der Waals surface area contributed by atoms with Gasteiger partial charge in [-0.25, -0.2) is 4.79 Å². The number of ether oxygens (including phenoxy) is 1. The molecule has 21 heteroatoms. The quantitative estimate of drug-likeness (QED) is 0.0591. The number of likely N-dealkylation sites (N-methyl/N-ethyl adjacent to an activating group) is 1. The third-order valence-electron chi connectivity index (χ3n) is 11.1. The summed E-state index contributed by atoms with van der Waals surface area (Å²) in [6, 6.07) is 16.4. The fourth-order valence-electron chi connectivity index (χ4n) is 5.96. The predicted octanol–water partition coefficient (Wildman–Crippen LogP) is 1.35. The SMILES string of the molecule is CN[C@@H](C)C(=O)NC(C)(C)C(=O)NC(C)(C)C(=O)NC(C)(C)C(=O)NC(C)(C)C(=O)NC(C)(C)C(=O)N/C(=C\c1ccccc1)C(=O)NC(C)(C)C(=O)N/C(=C\c1ccccc1)C(=O)NC(C)(C)C(=O)OC. The van der Waals surface area contributed by atoms with Gasteiger partial charge in [0.2, 0.25) is 41.4 Å².